The van der Waals surface area contributed by atoms with Crippen LogP contribution in [0.3, 0.4) is 0 Å². The van der Waals surface area contributed by atoms with Gasteiger partial charge in [-0.25, -0.2) is 4.39 Å². The Morgan fingerprint density at radius 2 is 1.68 bits per heavy atom. The highest BCUT2D eigenvalue weighted by molar-refractivity contribution is 5.48. The Balaban J connectivity index is 1.65. The summed E-state index contributed by atoms with van der Waals surface area (Å²) in [6, 6.07) is 16.9. The first-order chi connectivity index (χ1) is 9.34. The van der Waals surface area contributed by atoms with Gasteiger partial charge in [0.1, 0.15) is 5.82 Å². The van der Waals surface area contributed by atoms with Gasteiger partial charge in [-0.1, -0.05) is 54.6 Å². The monoisotopic (exact) mass is 255 g/mol. The van der Waals surface area contributed by atoms with Gasteiger partial charge in [0.15, 0.2) is 0 Å². The lowest BCUT2D eigenvalue weighted by Gasteiger charge is -2.02. The Morgan fingerprint density at radius 1 is 0.947 bits per heavy atom. The molecule has 0 saturated heterocycles. The molecule has 0 aliphatic heterocycles. The topological polar surface area (TPSA) is 12.0 Å². The van der Waals surface area contributed by atoms with Crippen LogP contribution in [-0.4, -0.2) is 13.1 Å². The van der Waals surface area contributed by atoms with Crippen LogP contribution in [0.5, 0.6) is 0 Å². The largest absolute Gasteiger partial charge is 0.313 e. The second kappa shape index (κ2) is 7.49. The smallest absolute Gasteiger partial charge is 0.123 e. The molecule has 98 valence electrons. The van der Waals surface area contributed by atoms with Crippen LogP contribution in [0.1, 0.15) is 11.1 Å². The molecule has 2 aromatic rings. The van der Waals surface area contributed by atoms with Crippen LogP contribution in [-0.2, 0) is 6.42 Å². The fourth-order valence-electron chi connectivity index (χ4n) is 1.83. The van der Waals surface area contributed by atoms with Crippen molar-refractivity contribution in [2.45, 2.75) is 6.42 Å². The molecule has 0 aromatic heterocycles. The second-order valence-corrected chi connectivity index (χ2v) is 4.39. The number of rotatable bonds is 6. The van der Waals surface area contributed by atoms with E-state index in [0.717, 1.165) is 25.1 Å². The van der Waals surface area contributed by atoms with Crippen molar-refractivity contribution in [3.63, 3.8) is 0 Å². The van der Waals surface area contributed by atoms with Crippen LogP contribution >= 0.6 is 0 Å². The van der Waals surface area contributed by atoms with Gasteiger partial charge in [0.2, 0.25) is 0 Å². The quantitative estimate of drug-likeness (QED) is 0.777. The first-order valence-corrected chi connectivity index (χ1v) is 6.51. The third-order valence-electron chi connectivity index (χ3n) is 2.88. The van der Waals surface area contributed by atoms with Gasteiger partial charge in [-0.3, -0.25) is 0 Å². The Kier molecular flexibility index (Phi) is 5.32. The number of hydrogen-bond acceptors (Lipinski definition) is 1. The van der Waals surface area contributed by atoms with Gasteiger partial charge in [-0.05, 0) is 36.2 Å². The summed E-state index contributed by atoms with van der Waals surface area (Å²) < 4.78 is 12.7. The molecule has 0 unspecified atom stereocenters. The van der Waals surface area contributed by atoms with Gasteiger partial charge in [0.25, 0.3) is 0 Å². The first kappa shape index (κ1) is 13.5. The molecule has 2 rings (SSSR count). The zero-order valence-electron chi connectivity index (χ0n) is 10.9. The summed E-state index contributed by atoms with van der Waals surface area (Å²) in [5, 5.41) is 3.34. The van der Waals surface area contributed by atoms with Crippen LogP contribution in [0.25, 0.3) is 6.08 Å². The van der Waals surface area contributed by atoms with Gasteiger partial charge >= 0.3 is 0 Å². The summed E-state index contributed by atoms with van der Waals surface area (Å²) in [6.07, 6.45) is 5.13. The molecule has 0 spiro atoms. The van der Waals surface area contributed by atoms with Gasteiger partial charge < -0.3 is 5.32 Å². The summed E-state index contributed by atoms with van der Waals surface area (Å²) in [5.41, 5.74) is 2.36. The third kappa shape index (κ3) is 5.06. The summed E-state index contributed by atoms with van der Waals surface area (Å²) in [7, 11) is 0. The molecule has 19 heavy (non-hydrogen) atoms. The van der Waals surface area contributed by atoms with Crippen molar-refractivity contribution in [2.24, 2.45) is 0 Å². The summed E-state index contributed by atoms with van der Waals surface area (Å²) in [4.78, 5) is 0. The molecule has 0 atom stereocenters. The molecule has 2 heteroatoms. The van der Waals surface area contributed by atoms with Crippen LogP contribution < -0.4 is 5.32 Å². The molecule has 0 heterocycles. The summed E-state index contributed by atoms with van der Waals surface area (Å²) >= 11 is 0. The highest BCUT2D eigenvalue weighted by Crippen LogP contribution is 2.03. The van der Waals surface area contributed by atoms with Crippen molar-refractivity contribution in [1.82, 2.24) is 5.32 Å². The van der Waals surface area contributed by atoms with Crippen molar-refractivity contribution < 1.29 is 4.39 Å². The van der Waals surface area contributed by atoms with Crippen LogP contribution in [0, 0.1) is 5.82 Å². The SMILES string of the molecule is Fc1ccc(CCNCC=Cc2ccccc2)cc1. The maximum absolute atomic E-state index is 12.7. The second-order valence-electron chi connectivity index (χ2n) is 4.39. The summed E-state index contributed by atoms with van der Waals surface area (Å²) in [6.45, 7) is 1.74. The van der Waals surface area contributed by atoms with E-state index in [2.05, 4.69) is 29.6 Å². The lowest BCUT2D eigenvalue weighted by molar-refractivity contribution is 0.626. The van der Waals surface area contributed by atoms with Gasteiger partial charge in [-0.15, -0.1) is 0 Å². The highest BCUT2D eigenvalue weighted by atomic mass is 19.1. The highest BCUT2D eigenvalue weighted by Gasteiger charge is 1.93. The Labute approximate surface area is 113 Å². The predicted octanol–water partition coefficient (Wildman–Crippen LogP) is 3.67. The minimum absolute atomic E-state index is 0.178. The maximum atomic E-state index is 12.7. The molecular weight excluding hydrogens is 237 g/mol. The average Bonchev–Trinajstić information content (AvgIpc) is 2.46. The van der Waals surface area contributed by atoms with E-state index in [9.17, 15) is 4.39 Å². The van der Waals surface area contributed by atoms with Gasteiger partial charge in [0.05, 0.1) is 0 Å². The van der Waals surface area contributed by atoms with E-state index in [4.69, 9.17) is 0 Å². The molecule has 0 amide bonds. The fraction of sp³-hybridized carbons (Fsp3) is 0.176. The molecule has 0 aliphatic rings. The molecule has 0 aliphatic carbocycles. The van der Waals surface area contributed by atoms with Crippen molar-refractivity contribution in [1.29, 1.82) is 0 Å². The van der Waals surface area contributed by atoms with E-state index in [-0.39, 0.29) is 5.82 Å². The van der Waals surface area contributed by atoms with Crippen molar-refractivity contribution in [3.05, 3.63) is 77.6 Å². The molecule has 1 nitrogen and oxygen atoms in total. The molecule has 0 bridgehead atoms. The van der Waals surface area contributed by atoms with Crippen molar-refractivity contribution in [2.75, 3.05) is 13.1 Å². The average molecular weight is 255 g/mol. The number of halogens is 1. The number of benzene rings is 2. The lowest BCUT2D eigenvalue weighted by atomic mass is 10.1. The molecule has 0 fully saturated rings. The first-order valence-electron chi connectivity index (χ1n) is 6.51. The third-order valence-corrected chi connectivity index (χ3v) is 2.88. The van der Waals surface area contributed by atoms with Gasteiger partial charge in [0, 0.05) is 6.54 Å². The Bertz CT molecular complexity index is 503. The fourth-order valence-corrected chi connectivity index (χ4v) is 1.83. The van der Waals surface area contributed by atoms with Crippen LogP contribution in [0.2, 0.25) is 0 Å². The maximum Gasteiger partial charge on any atom is 0.123 e. The zero-order valence-corrected chi connectivity index (χ0v) is 10.9. The van der Waals surface area contributed by atoms with E-state index >= 15 is 0 Å². The van der Waals surface area contributed by atoms with E-state index in [1.807, 2.05) is 30.3 Å². The van der Waals surface area contributed by atoms with E-state index in [1.165, 1.54) is 17.7 Å². The van der Waals surface area contributed by atoms with Crippen LogP contribution in [0.15, 0.2) is 60.7 Å². The predicted molar refractivity (Wildman–Crippen MR) is 78.4 cm³/mol. The molecule has 0 saturated carbocycles. The molecule has 2 aromatic carbocycles. The molecule has 0 radical (unpaired) electrons. The number of nitrogens with one attached hydrogen (secondary N) is 1. The van der Waals surface area contributed by atoms with Gasteiger partial charge in [-0.2, -0.15) is 0 Å². The van der Waals surface area contributed by atoms with E-state index in [0.29, 0.717) is 0 Å². The minimum Gasteiger partial charge on any atom is -0.313 e. The Hall–Kier alpha value is -1.93. The molecular formula is C17H18FN. The van der Waals surface area contributed by atoms with Crippen molar-refractivity contribution in [3.8, 4) is 0 Å². The Morgan fingerprint density at radius 3 is 2.42 bits per heavy atom. The normalized spacial score (nSPS) is 11.0. The summed E-state index contributed by atoms with van der Waals surface area (Å²) in [5.74, 6) is -0.178. The zero-order chi connectivity index (χ0) is 13.3. The number of hydrogen-bond donors (Lipinski definition) is 1. The van der Waals surface area contributed by atoms with E-state index < -0.39 is 0 Å². The lowest BCUT2D eigenvalue weighted by Crippen LogP contribution is -2.16. The van der Waals surface area contributed by atoms with Crippen LogP contribution in [0.4, 0.5) is 4.39 Å². The minimum atomic E-state index is -0.178. The van der Waals surface area contributed by atoms with E-state index in [1.54, 1.807) is 0 Å². The standard InChI is InChI=1S/C17H18FN/c18-17-10-8-16(9-11-17)12-14-19-13-4-7-15-5-2-1-3-6-15/h1-11,19H,12-14H2. The molecule has 1 N–H and O–H groups in total. The van der Waals surface area contributed by atoms with Crippen molar-refractivity contribution >= 4 is 6.08 Å².